The maximum Gasteiger partial charge on any atom is -0.00772 e. The van der Waals surface area contributed by atoms with Crippen LogP contribution in [0.4, 0.5) is 0 Å². The lowest BCUT2D eigenvalue weighted by Crippen LogP contribution is -1.97. The van der Waals surface area contributed by atoms with Gasteiger partial charge in [0.1, 0.15) is 0 Å². The third kappa shape index (κ3) is 3.54. The van der Waals surface area contributed by atoms with Crippen LogP contribution >= 0.6 is 0 Å². The van der Waals surface area contributed by atoms with Crippen molar-refractivity contribution in [1.82, 2.24) is 0 Å². The van der Waals surface area contributed by atoms with Gasteiger partial charge in [-0.15, -0.1) is 0 Å². The predicted octanol–water partition coefficient (Wildman–Crippen LogP) is 2.56. The molecule has 0 saturated carbocycles. The van der Waals surface area contributed by atoms with Crippen molar-refractivity contribution in [2.45, 2.75) is 25.7 Å². The second-order valence-corrected chi connectivity index (χ2v) is 3.05. The van der Waals surface area contributed by atoms with Crippen LogP contribution in [-0.4, -0.2) is 6.54 Å². The molecule has 0 saturated heterocycles. The lowest BCUT2D eigenvalue weighted by molar-refractivity contribution is 0.747. The van der Waals surface area contributed by atoms with E-state index in [1.54, 1.807) is 0 Å². The van der Waals surface area contributed by atoms with Crippen LogP contribution in [0.5, 0.6) is 0 Å². The molecule has 0 amide bonds. The lowest BCUT2D eigenvalue weighted by Gasteiger charge is -1.98. The van der Waals surface area contributed by atoms with E-state index in [0.29, 0.717) is 0 Å². The van der Waals surface area contributed by atoms with Gasteiger partial charge in [0.2, 0.25) is 0 Å². The van der Waals surface area contributed by atoms with Gasteiger partial charge in [-0.25, -0.2) is 0 Å². The fourth-order valence-corrected chi connectivity index (χ4v) is 1.26. The van der Waals surface area contributed by atoms with Crippen molar-refractivity contribution >= 4 is 0 Å². The fraction of sp³-hybridized carbons (Fsp3) is 0.455. The van der Waals surface area contributed by atoms with Crippen LogP contribution in [0.1, 0.15) is 25.7 Å². The molecule has 66 valence electrons. The van der Waals surface area contributed by atoms with Gasteiger partial charge in [-0.1, -0.05) is 30.4 Å². The Morgan fingerprint density at radius 2 is 2.17 bits per heavy atom. The zero-order valence-electron chi connectivity index (χ0n) is 7.50. The van der Waals surface area contributed by atoms with Gasteiger partial charge in [-0.05, 0) is 37.8 Å². The van der Waals surface area contributed by atoms with Crippen molar-refractivity contribution in [1.29, 1.82) is 0 Å². The molecule has 1 nitrogen and oxygen atoms in total. The van der Waals surface area contributed by atoms with Crippen LogP contribution in [0.2, 0.25) is 0 Å². The number of hydrogen-bond acceptors (Lipinski definition) is 1. The third-order valence-electron chi connectivity index (χ3n) is 1.97. The second kappa shape index (κ2) is 5.78. The van der Waals surface area contributed by atoms with Crippen LogP contribution < -0.4 is 5.73 Å². The third-order valence-corrected chi connectivity index (χ3v) is 1.97. The van der Waals surface area contributed by atoms with Crippen molar-refractivity contribution in [3.05, 3.63) is 36.0 Å². The molecule has 12 heavy (non-hydrogen) atoms. The predicted molar refractivity (Wildman–Crippen MR) is 53.9 cm³/mol. The minimum atomic E-state index is 0.812. The molecule has 0 aliphatic heterocycles. The first-order chi connectivity index (χ1) is 5.93. The summed E-state index contributed by atoms with van der Waals surface area (Å²) in [7, 11) is 0. The normalized spacial score (nSPS) is 15.9. The van der Waals surface area contributed by atoms with Gasteiger partial charge >= 0.3 is 0 Å². The molecule has 0 bridgehead atoms. The SMILES string of the molecule is NCCCCC1=CC=CCC=C1. The van der Waals surface area contributed by atoms with E-state index in [1.807, 2.05) is 0 Å². The average molecular weight is 163 g/mol. The molecule has 0 radical (unpaired) electrons. The highest BCUT2D eigenvalue weighted by atomic mass is 14.5. The molecule has 1 rings (SSSR count). The summed E-state index contributed by atoms with van der Waals surface area (Å²) < 4.78 is 0. The molecule has 0 aromatic carbocycles. The van der Waals surface area contributed by atoms with E-state index in [1.165, 1.54) is 12.0 Å². The molecular formula is C11H17N. The largest absolute Gasteiger partial charge is 0.330 e. The molecule has 0 aromatic heterocycles. The zero-order valence-corrected chi connectivity index (χ0v) is 7.50. The minimum Gasteiger partial charge on any atom is -0.330 e. The van der Waals surface area contributed by atoms with Gasteiger partial charge in [0.05, 0.1) is 0 Å². The van der Waals surface area contributed by atoms with Gasteiger partial charge in [-0.3, -0.25) is 0 Å². The molecule has 0 atom stereocenters. The van der Waals surface area contributed by atoms with Gasteiger partial charge in [0, 0.05) is 0 Å². The van der Waals surface area contributed by atoms with Crippen LogP contribution in [0.25, 0.3) is 0 Å². The Bertz CT molecular complexity index is 199. The summed E-state index contributed by atoms with van der Waals surface area (Å²) in [5, 5.41) is 0. The molecule has 2 N–H and O–H groups in total. The van der Waals surface area contributed by atoms with Crippen LogP contribution in [0.3, 0.4) is 0 Å². The summed E-state index contributed by atoms with van der Waals surface area (Å²) in [5.74, 6) is 0. The van der Waals surface area contributed by atoms with E-state index < -0.39 is 0 Å². The van der Waals surface area contributed by atoms with E-state index in [2.05, 4.69) is 30.4 Å². The smallest absolute Gasteiger partial charge is 0.00772 e. The summed E-state index contributed by atoms with van der Waals surface area (Å²) in [5.41, 5.74) is 6.85. The average Bonchev–Trinajstić information content (AvgIpc) is 2.33. The first-order valence-electron chi connectivity index (χ1n) is 4.66. The first kappa shape index (κ1) is 9.27. The topological polar surface area (TPSA) is 26.0 Å². The molecule has 1 aliphatic carbocycles. The highest BCUT2D eigenvalue weighted by Gasteiger charge is 1.93. The highest BCUT2D eigenvalue weighted by Crippen LogP contribution is 2.11. The Labute approximate surface area is 74.7 Å². The van der Waals surface area contributed by atoms with Gasteiger partial charge < -0.3 is 5.73 Å². The second-order valence-electron chi connectivity index (χ2n) is 3.05. The maximum atomic E-state index is 5.42. The van der Waals surface area contributed by atoms with Crippen LogP contribution in [0.15, 0.2) is 36.0 Å². The van der Waals surface area contributed by atoms with E-state index in [0.717, 1.165) is 25.8 Å². The molecule has 0 heterocycles. The Morgan fingerprint density at radius 3 is 3.00 bits per heavy atom. The number of nitrogens with two attached hydrogens (primary N) is 1. The first-order valence-corrected chi connectivity index (χ1v) is 4.66. The highest BCUT2D eigenvalue weighted by molar-refractivity contribution is 5.26. The summed E-state index contributed by atoms with van der Waals surface area (Å²) >= 11 is 0. The Hall–Kier alpha value is -0.820. The van der Waals surface area contributed by atoms with Gasteiger partial charge in [0.15, 0.2) is 0 Å². The van der Waals surface area contributed by atoms with Crippen LogP contribution in [0, 0.1) is 0 Å². The van der Waals surface area contributed by atoms with E-state index in [-0.39, 0.29) is 0 Å². The number of allylic oxidation sites excluding steroid dienone is 6. The molecule has 0 fully saturated rings. The van der Waals surface area contributed by atoms with Crippen molar-refractivity contribution < 1.29 is 0 Å². The molecule has 0 aromatic rings. The summed E-state index contributed by atoms with van der Waals surface area (Å²) in [4.78, 5) is 0. The number of rotatable bonds is 4. The Kier molecular flexibility index (Phi) is 4.47. The summed E-state index contributed by atoms with van der Waals surface area (Å²) in [6, 6.07) is 0. The standard InChI is InChI=1S/C11H17N/c12-10-6-5-9-11-7-3-1-2-4-8-11/h1,3-4,7-8H,2,5-6,9-10,12H2. The Morgan fingerprint density at radius 1 is 1.25 bits per heavy atom. The van der Waals surface area contributed by atoms with Crippen molar-refractivity contribution in [3.8, 4) is 0 Å². The van der Waals surface area contributed by atoms with E-state index in [4.69, 9.17) is 5.73 Å². The van der Waals surface area contributed by atoms with E-state index in [9.17, 15) is 0 Å². The Balaban J connectivity index is 2.30. The van der Waals surface area contributed by atoms with Crippen molar-refractivity contribution in [2.24, 2.45) is 5.73 Å². The summed E-state index contributed by atoms with van der Waals surface area (Å²) in [6.07, 6.45) is 15.5. The molecule has 1 heteroatoms. The number of hydrogen-bond donors (Lipinski definition) is 1. The molecule has 1 aliphatic rings. The molecule has 0 unspecified atom stereocenters. The van der Waals surface area contributed by atoms with E-state index >= 15 is 0 Å². The molecular weight excluding hydrogens is 146 g/mol. The van der Waals surface area contributed by atoms with Gasteiger partial charge in [-0.2, -0.15) is 0 Å². The monoisotopic (exact) mass is 163 g/mol. The summed E-state index contributed by atoms with van der Waals surface area (Å²) in [6.45, 7) is 0.812. The number of unbranched alkanes of at least 4 members (excludes halogenated alkanes) is 1. The fourth-order valence-electron chi connectivity index (χ4n) is 1.26. The van der Waals surface area contributed by atoms with Crippen molar-refractivity contribution in [3.63, 3.8) is 0 Å². The van der Waals surface area contributed by atoms with Crippen molar-refractivity contribution in [2.75, 3.05) is 6.54 Å². The van der Waals surface area contributed by atoms with Crippen LogP contribution in [-0.2, 0) is 0 Å². The minimum absolute atomic E-state index is 0.812. The molecule has 0 spiro atoms. The maximum absolute atomic E-state index is 5.42. The van der Waals surface area contributed by atoms with Gasteiger partial charge in [0.25, 0.3) is 0 Å². The quantitative estimate of drug-likeness (QED) is 0.633. The zero-order chi connectivity index (χ0) is 8.65. The lowest BCUT2D eigenvalue weighted by atomic mass is 10.1.